The third kappa shape index (κ3) is 4.04. The molecule has 3 atom stereocenters. The van der Waals surface area contributed by atoms with Gasteiger partial charge in [0, 0.05) is 23.1 Å². The number of benzene rings is 1. The number of hydrogen-bond acceptors (Lipinski definition) is 2. The molecule has 2 rings (SSSR count). The summed E-state index contributed by atoms with van der Waals surface area (Å²) in [6.07, 6.45) is 3.74. The zero-order valence-electron chi connectivity index (χ0n) is 12.0. The van der Waals surface area contributed by atoms with E-state index in [2.05, 4.69) is 58.9 Å². The first kappa shape index (κ1) is 15.0. The van der Waals surface area contributed by atoms with Crippen molar-refractivity contribution in [1.82, 2.24) is 4.90 Å². The normalized spacial score (nSPS) is 26.3. The average molecular weight is 325 g/mol. The molecule has 3 heteroatoms. The first-order valence-electron chi connectivity index (χ1n) is 7.33. The zero-order chi connectivity index (χ0) is 13.8. The average Bonchev–Trinajstić information content (AvgIpc) is 2.41. The molecule has 1 heterocycles. The van der Waals surface area contributed by atoms with Crippen LogP contribution in [-0.2, 0) is 0 Å². The summed E-state index contributed by atoms with van der Waals surface area (Å²) in [6.45, 7) is 7.07. The van der Waals surface area contributed by atoms with Crippen LogP contribution in [0.1, 0.15) is 44.7 Å². The van der Waals surface area contributed by atoms with Crippen LogP contribution < -0.4 is 5.73 Å². The molecule has 1 fully saturated rings. The zero-order valence-corrected chi connectivity index (χ0v) is 13.6. The monoisotopic (exact) mass is 324 g/mol. The molecule has 0 bridgehead atoms. The Morgan fingerprint density at radius 1 is 1.32 bits per heavy atom. The number of halogens is 1. The van der Waals surface area contributed by atoms with Gasteiger partial charge in [-0.25, -0.2) is 0 Å². The predicted molar refractivity (Wildman–Crippen MR) is 85.1 cm³/mol. The van der Waals surface area contributed by atoms with Crippen molar-refractivity contribution < 1.29 is 0 Å². The summed E-state index contributed by atoms with van der Waals surface area (Å²) in [5, 5.41) is 0. The lowest BCUT2D eigenvalue weighted by molar-refractivity contribution is 0.110. The second kappa shape index (κ2) is 6.87. The molecule has 0 saturated carbocycles. The third-order valence-corrected chi connectivity index (χ3v) is 5.06. The van der Waals surface area contributed by atoms with E-state index in [9.17, 15) is 0 Å². The van der Waals surface area contributed by atoms with Crippen molar-refractivity contribution in [3.63, 3.8) is 0 Å². The Balaban J connectivity index is 1.86. The molecule has 3 unspecified atom stereocenters. The van der Waals surface area contributed by atoms with Crippen LogP contribution >= 0.6 is 15.9 Å². The van der Waals surface area contributed by atoms with Gasteiger partial charge in [0.05, 0.1) is 0 Å². The molecule has 1 aliphatic heterocycles. The molecule has 2 N–H and O–H groups in total. The van der Waals surface area contributed by atoms with Crippen LogP contribution in [0.4, 0.5) is 0 Å². The van der Waals surface area contributed by atoms with E-state index in [1.807, 2.05) is 0 Å². The van der Waals surface area contributed by atoms with Gasteiger partial charge in [0.15, 0.2) is 0 Å². The lowest BCUT2D eigenvalue weighted by Gasteiger charge is -2.38. The van der Waals surface area contributed by atoms with Crippen LogP contribution in [0, 0.1) is 5.92 Å². The molecule has 1 aromatic carbocycles. The van der Waals surface area contributed by atoms with Gasteiger partial charge in [-0.2, -0.15) is 0 Å². The first-order chi connectivity index (χ1) is 9.08. The number of nitrogens with zero attached hydrogens (tertiary/aromatic N) is 1. The number of likely N-dealkylation sites (tertiary alicyclic amines) is 1. The van der Waals surface area contributed by atoms with Gasteiger partial charge >= 0.3 is 0 Å². The second-order valence-electron chi connectivity index (χ2n) is 5.84. The smallest absolute Gasteiger partial charge is 0.0307 e. The van der Waals surface area contributed by atoms with Gasteiger partial charge < -0.3 is 10.6 Å². The van der Waals surface area contributed by atoms with Crippen LogP contribution in [0.5, 0.6) is 0 Å². The summed E-state index contributed by atoms with van der Waals surface area (Å²) in [7, 11) is 0. The molecule has 19 heavy (non-hydrogen) atoms. The maximum Gasteiger partial charge on any atom is 0.0307 e. The minimum Gasteiger partial charge on any atom is -0.324 e. The maximum atomic E-state index is 6.30. The van der Waals surface area contributed by atoms with Gasteiger partial charge in [0.1, 0.15) is 0 Å². The summed E-state index contributed by atoms with van der Waals surface area (Å²) in [5.74, 6) is 0.817. The highest BCUT2D eigenvalue weighted by molar-refractivity contribution is 9.10. The van der Waals surface area contributed by atoms with Crippen molar-refractivity contribution in [3.05, 3.63) is 34.3 Å². The van der Waals surface area contributed by atoms with E-state index in [0.29, 0.717) is 6.04 Å². The van der Waals surface area contributed by atoms with E-state index in [1.165, 1.54) is 24.9 Å². The fourth-order valence-corrected chi connectivity index (χ4v) is 3.18. The van der Waals surface area contributed by atoms with E-state index in [1.54, 1.807) is 0 Å². The van der Waals surface area contributed by atoms with Crippen LogP contribution in [-0.4, -0.2) is 24.0 Å². The Morgan fingerprint density at radius 3 is 2.68 bits per heavy atom. The van der Waals surface area contributed by atoms with Crippen molar-refractivity contribution in [3.8, 4) is 0 Å². The molecule has 0 aromatic heterocycles. The molecule has 1 aromatic rings. The highest BCUT2D eigenvalue weighted by Crippen LogP contribution is 2.24. The quantitative estimate of drug-likeness (QED) is 0.908. The first-order valence-corrected chi connectivity index (χ1v) is 8.12. The number of piperidine rings is 1. The van der Waals surface area contributed by atoms with Crippen molar-refractivity contribution in [2.24, 2.45) is 11.7 Å². The summed E-state index contributed by atoms with van der Waals surface area (Å²) < 4.78 is 1.11. The number of nitrogens with two attached hydrogens (primary N) is 1. The van der Waals surface area contributed by atoms with E-state index in [0.717, 1.165) is 23.4 Å². The van der Waals surface area contributed by atoms with Gasteiger partial charge in [0.25, 0.3) is 0 Å². The molecular weight excluding hydrogens is 300 g/mol. The molecule has 0 spiro atoms. The molecule has 106 valence electrons. The van der Waals surface area contributed by atoms with E-state index in [4.69, 9.17) is 5.73 Å². The largest absolute Gasteiger partial charge is 0.324 e. The Bertz CT molecular complexity index is 390. The van der Waals surface area contributed by atoms with Gasteiger partial charge in [-0.3, -0.25) is 0 Å². The lowest BCUT2D eigenvalue weighted by atomic mass is 9.91. The topological polar surface area (TPSA) is 29.3 Å². The van der Waals surface area contributed by atoms with Gasteiger partial charge in [-0.15, -0.1) is 0 Å². The van der Waals surface area contributed by atoms with Crippen LogP contribution in [0.25, 0.3) is 0 Å². The summed E-state index contributed by atoms with van der Waals surface area (Å²) in [6, 6.07) is 9.23. The lowest BCUT2D eigenvalue weighted by Crippen LogP contribution is -2.43. The minimum absolute atomic E-state index is 0.150. The summed E-state index contributed by atoms with van der Waals surface area (Å²) in [5.41, 5.74) is 7.54. The molecule has 0 radical (unpaired) electrons. The van der Waals surface area contributed by atoms with Gasteiger partial charge in [-0.05, 0) is 56.3 Å². The number of hydrogen-bond donors (Lipinski definition) is 1. The van der Waals surface area contributed by atoms with Gasteiger partial charge in [-0.1, -0.05) is 35.0 Å². The fourth-order valence-electron chi connectivity index (χ4n) is 2.92. The Kier molecular flexibility index (Phi) is 5.43. The molecule has 2 nitrogen and oxygen atoms in total. The van der Waals surface area contributed by atoms with Crippen LogP contribution in [0.2, 0.25) is 0 Å². The second-order valence-corrected chi connectivity index (χ2v) is 6.76. The van der Waals surface area contributed by atoms with Crippen LogP contribution in [0.15, 0.2) is 28.7 Å². The van der Waals surface area contributed by atoms with E-state index < -0.39 is 0 Å². The third-order valence-electron chi connectivity index (χ3n) is 4.53. The van der Waals surface area contributed by atoms with Crippen LogP contribution in [0.3, 0.4) is 0 Å². The van der Waals surface area contributed by atoms with E-state index >= 15 is 0 Å². The van der Waals surface area contributed by atoms with E-state index in [-0.39, 0.29) is 6.04 Å². The Hall–Kier alpha value is -0.380. The molecule has 0 amide bonds. The van der Waals surface area contributed by atoms with Crippen molar-refractivity contribution in [2.75, 3.05) is 13.1 Å². The molecule has 1 aliphatic rings. The molecular formula is C16H25BrN2. The van der Waals surface area contributed by atoms with Gasteiger partial charge in [0.2, 0.25) is 0 Å². The standard InChI is InChI=1S/C16H25BrN2/c1-12-4-3-10-19(13(12)2)11-9-16(18)14-5-7-15(17)8-6-14/h5-8,12-13,16H,3-4,9-11,18H2,1-2H3. The number of rotatable bonds is 4. The fraction of sp³-hybridized carbons (Fsp3) is 0.625. The summed E-state index contributed by atoms with van der Waals surface area (Å²) >= 11 is 3.46. The van der Waals surface area contributed by atoms with Crippen molar-refractivity contribution in [2.45, 2.75) is 45.2 Å². The summed E-state index contributed by atoms with van der Waals surface area (Å²) in [4.78, 5) is 2.60. The Labute approximate surface area is 125 Å². The van der Waals surface area contributed by atoms with Crippen molar-refractivity contribution in [1.29, 1.82) is 0 Å². The molecule has 1 saturated heterocycles. The highest BCUT2D eigenvalue weighted by Gasteiger charge is 2.24. The maximum absolute atomic E-state index is 6.30. The SMILES string of the molecule is CC1CCCN(CCC(N)c2ccc(Br)cc2)C1C. The Morgan fingerprint density at radius 2 is 2.00 bits per heavy atom. The minimum atomic E-state index is 0.150. The highest BCUT2D eigenvalue weighted by atomic mass is 79.9. The predicted octanol–water partition coefficient (Wildman–Crippen LogP) is 3.96. The molecule has 0 aliphatic carbocycles. The van der Waals surface area contributed by atoms with Crippen molar-refractivity contribution >= 4 is 15.9 Å².